The number of ether oxygens (including phenoxy) is 2. The Morgan fingerprint density at radius 1 is 1.08 bits per heavy atom. The molecule has 0 bridgehead atoms. The summed E-state index contributed by atoms with van der Waals surface area (Å²) in [5.41, 5.74) is -0.625. The van der Waals surface area contributed by atoms with E-state index in [1.54, 1.807) is 39.0 Å². The Hall–Kier alpha value is -3.64. The zero-order chi connectivity index (χ0) is 26.8. The quantitative estimate of drug-likeness (QED) is 0.486. The van der Waals surface area contributed by atoms with Crippen LogP contribution in [0.1, 0.15) is 26.3 Å². The smallest absolute Gasteiger partial charge is 0.325 e. The van der Waals surface area contributed by atoms with E-state index >= 15 is 0 Å². The summed E-state index contributed by atoms with van der Waals surface area (Å²) in [5, 5.41) is 5.22. The van der Waals surface area contributed by atoms with Gasteiger partial charge in [0.25, 0.3) is 5.91 Å². The van der Waals surface area contributed by atoms with Crippen molar-refractivity contribution >= 4 is 33.6 Å². The predicted molar refractivity (Wildman–Crippen MR) is 132 cm³/mol. The molecule has 1 fully saturated rings. The number of nitrogens with zero attached hydrogens (tertiary/aromatic N) is 2. The molecule has 3 rings (SSSR count). The Morgan fingerprint density at radius 2 is 1.69 bits per heavy atom. The molecule has 36 heavy (non-hydrogen) atoms. The number of nitrogens with one attached hydrogen (secondary N) is 2. The third kappa shape index (κ3) is 5.00. The largest absolute Gasteiger partial charge is 0.493 e. The van der Waals surface area contributed by atoms with Crippen molar-refractivity contribution in [2.75, 3.05) is 33.1 Å². The minimum atomic E-state index is -3.67. The summed E-state index contributed by atoms with van der Waals surface area (Å²) in [6.07, 6.45) is 0. The maximum Gasteiger partial charge on any atom is 0.325 e. The summed E-state index contributed by atoms with van der Waals surface area (Å²) in [7, 11) is 0.765. The van der Waals surface area contributed by atoms with Gasteiger partial charge in [-0.15, -0.1) is 0 Å². The molecule has 1 atom stereocenters. The normalized spacial score (nSPS) is 17.9. The van der Waals surface area contributed by atoms with E-state index in [9.17, 15) is 22.8 Å². The number of sulfonamides is 1. The van der Waals surface area contributed by atoms with Crippen LogP contribution in [0.15, 0.2) is 47.4 Å². The van der Waals surface area contributed by atoms with Gasteiger partial charge in [-0.05, 0) is 62.7 Å². The van der Waals surface area contributed by atoms with Crippen LogP contribution in [0.2, 0.25) is 0 Å². The van der Waals surface area contributed by atoms with Crippen molar-refractivity contribution in [3.63, 3.8) is 0 Å². The molecule has 1 aliphatic rings. The summed E-state index contributed by atoms with van der Waals surface area (Å²) >= 11 is 0. The third-order valence-electron chi connectivity index (χ3n) is 6.08. The zero-order valence-electron chi connectivity index (χ0n) is 21.0. The summed E-state index contributed by atoms with van der Waals surface area (Å²) in [6.45, 7) is 4.54. The second kappa shape index (κ2) is 10.2. The number of carbonyl (C=O) groups is 3. The van der Waals surface area contributed by atoms with E-state index in [2.05, 4.69) is 10.6 Å². The van der Waals surface area contributed by atoms with Gasteiger partial charge in [0, 0.05) is 18.8 Å². The van der Waals surface area contributed by atoms with Crippen molar-refractivity contribution in [1.82, 2.24) is 14.5 Å². The van der Waals surface area contributed by atoms with Crippen molar-refractivity contribution in [2.24, 2.45) is 0 Å². The standard InChI is InChI=1S/C24H30N4O7S/c1-15(2)27(4)36(32,33)18-10-8-17(9-11-18)25-21(29)14-28-22(30)24(3,26-23(28)31)16-7-12-19(34-5)20(13-16)35-6/h7-13,15H,14H2,1-6H3,(H,25,29)(H,26,31). The first-order valence-corrected chi connectivity index (χ1v) is 12.5. The first-order chi connectivity index (χ1) is 16.8. The molecule has 1 unspecified atom stereocenters. The molecule has 0 aliphatic carbocycles. The van der Waals surface area contributed by atoms with E-state index in [4.69, 9.17) is 9.47 Å². The highest BCUT2D eigenvalue weighted by molar-refractivity contribution is 7.89. The van der Waals surface area contributed by atoms with Gasteiger partial charge in [-0.1, -0.05) is 6.07 Å². The number of urea groups is 1. The highest BCUT2D eigenvalue weighted by Gasteiger charge is 2.49. The maximum absolute atomic E-state index is 13.2. The number of hydrogen-bond donors (Lipinski definition) is 2. The number of methoxy groups -OCH3 is 2. The lowest BCUT2D eigenvalue weighted by atomic mass is 9.91. The number of imide groups is 1. The molecular weight excluding hydrogens is 488 g/mol. The van der Waals surface area contributed by atoms with Crippen LogP contribution in [0, 0.1) is 0 Å². The number of rotatable bonds is 9. The van der Waals surface area contributed by atoms with Gasteiger partial charge in [0.1, 0.15) is 12.1 Å². The van der Waals surface area contributed by atoms with Gasteiger partial charge >= 0.3 is 6.03 Å². The number of hydrogen-bond acceptors (Lipinski definition) is 7. The second-order valence-corrected chi connectivity index (χ2v) is 10.7. The summed E-state index contributed by atoms with van der Waals surface area (Å²) in [6, 6.07) is 9.56. The van der Waals surface area contributed by atoms with Gasteiger partial charge in [0.15, 0.2) is 11.5 Å². The molecule has 2 N–H and O–H groups in total. The molecule has 11 nitrogen and oxygen atoms in total. The third-order valence-corrected chi connectivity index (χ3v) is 8.13. The summed E-state index contributed by atoms with van der Waals surface area (Å²) in [5.74, 6) is -0.370. The van der Waals surface area contributed by atoms with Crippen LogP contribution in [0.5, 0.6) is 11.5 Å². The number of anilines is 1. The van der Waals surface area contributed by atoms with Gasteiger partial charge < -0.3 is 20.1 Å². The molecule has 2 aromatic rings. The van der Waals surface area contributed by atoms with Gasteiger partial charge in [-0.2, -0.15) is 4.31 Å². The highest BCUT2D eigenvalue weighted by atomic mass is 32.2. The van der Waals surface area contributed by atoms with E-state index in [-0.39, 0.29) is 10.9 Å². The van der Waals surface area contributed by atoms with Crippen LogP contribution >= 0.6 is 0 Å². The van der Waals surface area contributed by atoms with Crippen LogP contribution in [0.25, 0.3) is 0 Å². The fraction of sp³-hybridized carbons (Fsp3) is 0.375. The highest BCUT2D eigenvalue weighted by Crippen LogP contribution is 2.35. The van der Waals surface area contributed by atoms with Crippen molar-refractivity contribution in [2.45, 2.75) is 37.2 Å². The van der Waals surface area contributed by atoms with Crippen LogP contribution < -0.4 is 20.1 Å². The van der Waals surface area contributed by atoms with Crippen molar-refractivity contribution < 1.29 is 32.3 Å². The zero-order valence-corrected chi connectivity index (χ0v) is 21.8. The molecule has 0 spiro atoms. The topological polar surface area (TPSA) is 134 Å². The molecule has 1 saturated heterocycles. The fourth-order valence-corrected chi connectivity index (χ4v) is 5.05. The summed E-state index contributed by atoms with van der Waals surface area (Å²) in [4.78, 5) is 39.3. The Labute approximate surface area is 210 Å². The van der Waals surface area contributed by atoms with E-state index in [0.29, 0.717) is 22.7 Å². The second-order valence-electron chi connectivity index (χ2n) is 8.70. The first-order valence-electron chi connectivity index (χ1n) is 11.1. The molecule has 0 radical (unpaired) electrons. The predicted octanol–water partition coefficient (Wildman–Crippen LogP) is 2.14. The van der Waals surface area contributed by atoms with Crippen molar-refractivity contribution in [3.05, 3.63) is 48.0 Å². The molecule has 0 saturated carbocycles. The Kier molecular flexibility index (Phi) is 7.60. The molecule has 1 aliphatic heterocycles. The lowest BCUT2D eigenvalue weighted by Gasteiger charge is -2.23. The van der Waals surface area contributed by atoms with E-state index in [1.807, 2.05) is 0 Å². The molecule has 2 aromatic carbocycles. The van der Waals surface area contributed by atoms with E-state index in [0.717, 1.165) is 4.90 Å². The van der Waals surface area contributed by atoms with Crippen molar-refractivity contribution in [1.29, 1.82) is 0 Å². The lowest BCUT2D eigenvalue weighted by Crippen LogP contribution is -2.42. The van der Waals surface area contributed by atoms with E-state index < -0.39 is 40.0 Å². The molecule has 0 aromatic heterocycles. The average molecular weight is 519 g/mol. The monoisotopic (exact) mass is 518 g/mol. The van der Waals surface area contributed by atoms with E-state index in [1.165, 1.54) is 49.8 Å². The number of carbonyl (C=O) groups excluding carboxylic acids is 3. The molecule has 1 heterocycles. The molecule has 4 amide bonds. The first kappa shape index (κ1) is 27.0. The molecule has 12 heteroatoms. The number of amides is 4. The Balaban J connectivity index is 1.72. The van der Waals surface area contributed by atoms with Gasteiger partial charge in [-0.3, -0.25) is 14.5 Å². The maximum atomic E-state index is 13.2. The van der Waals surface area contributed by atoms with Gasteiger partial charge in [0.2, 0.25) is 15.9 Å². The van der Waals surface area contributed by atoms with Crippen LogP contribution in [-0.2, 0) is 25.2 Å². The Morgan fingerprint density at radius 3 is 2.25 bits per heavy atom. The van der Waals surface area contributed by atoms with Crippen LogP contribution in [-0.4, -0.2) is 69.3 Å². The van der Waals surface area contributed by atoms with Gasteiger partial charge in [-0.25, -0.2) is 13.2 Å². The van der Waals surface area contributed by atoms with Crippen LogP contribution in [0.4, 0.5) is 10.5 Å². The van der Waals surface area contributed by atoms with Crippen molar-refractivity contribution in [3.8, 4) is 11.5 Å². The van der Waals surface area contributed by atoms with Gasteiger partial charge in [0.05, 0.1) is 19.1 Å². The number of benzene rings is 2. The minimum Gasteiger partial charge on any atom is -0.493 e. The lowest BCUT2D eigenvalue weighted by molar-refractivity contribution is -0.133. The Bertz CT molecular complexity index is 1280. The fourth-order valence-electron chi connectivity index (χ4n) is 3.68. The molecular formula is C24H30N4O7S. The summed E-state index contributed by atoms with van der Waals surface area (Å²) < 4.78 is 36.9. The van der Waals surface area contributed by atoms with Crippen LogP contribution in [0.3, 0.4) is 0 Å². The average Bonchev–Trinajstić information content (AvgIpc) is 3.06. The molecule has 194 valence electrons. The minimum absolute atomic E-state index is 0.0801. The SMILES string of the molecule is COc1ccc(C2(C)NC(=O)N(CC(=O)Nc3ccc(S(=O)(=O)N(C)C(C)C)cc3)C2=O)cc1OC.